The molecule has 0 aliphatic rings. The van der Waals surface area contributed by atoms with Gasteiger partial charge < -0.3 is 0 Å². The molecule has 0 amide bonds. The zero-order valence-corrected chi connectivity index (χ0v) is 9.12. The first-order valence-electron chi connectivity index (χ1n) is 3.83. The molecule has 2 aromatic rings. The van der Waals surface area contributed by atoms with Crippen molar-refractivity contribution in [3.05, 3.63) is 12.4 Å². The molecular formula is C6H6ClN5O2S. The highest BCUT2D eigenvalue weighted by molar-refractivity contribution is 8.13. The number of halogens is 1. The van der Waals surface area contributed by atoms with Crippen LogP contribution in [0.15, 0.2) is 17.6 Å². The van der Waals surface area contributed by atoms with Gasteiger partial charge in [0.15, 0.2) is 5.82 Å². The minimum atomic E-state index is -3.87. The molecule has 2 rings (SSSR count). The van der Waals surface area contributed by atoms with Crippen LogP contribution in [0, 0.1) is 0 Å². The molecule has 0 saturated heterocycles. The average molecular weight is 248 g/mol. The van der Waals surface area contributed by atoms with Crippen molar-refractivity contribution in [3.63, 3.8) is 0 Å². The van der Waals surface area contributed by atoms with Gasteiger partial charge in [0.1, 0.15) is 0 Å². The van der Waals surface area contributed by atoms with E-state index in [4.69, 9.17) is 10.7 Å². The first-order chi connectivity index (χ1) is 6.97. The Hall–Kier alpha value is -1.41. The minimum Gasteiger partial charge on any atom is -0.275 e. The molecule has 9 heteroatoms. The maximum absolute atomic E-state index is 10.9. The second-order valence-corrected chi connectivity index (χ2v) is 5.29. The summed E-state index contributed by atoms with van der Waals surface area (Å²) in [6, 6.07) is 0. The molecule has 0 aliphatic heterocycles. The third kappa shape index (κ3) is 2.00. The van der Waals surface area contributed by atoms with Crippen molar-refractivity contribution >= 4 is 19.7 Å². The Morgan fingerprint density at radius 2 is 2.27 bits per heavy atom. The van der Waals surface area contributed by atoms with Gasteiger partial charge in [0.2, 0.25) is 0 Å². The Kier molecular flexibility index (Phi) is 2.24. The number of rotatable bonds is 2. The number of hydrogen-bond donors (Lipinski definition) is 1. The van der Waals surface area contributed by atoms with Crippen LogP contribution in [0.3, 0.4) is 0 Å². The fourth-order valence-electron chi connectivity index (χ4n) is 1.02. The van der Waals surface area contributed by atoms with E-state index in [1.807, 2.05) is 0 Å². The highest BCUT2D eigenvalue weighted by atomic mass is 35.7. The third-order valence-corrected chi connectivity index (χ3v) is 2.74. The van der Waals surface area contributed by atoms with Gasteiger partial charge in [-0.2, -0.15) is 15.2 Å². The van der Waals surface area contributed by atoms with Gasteiger partial charge in [-0.25, -0.2) is 13.5 Å². The topological polar surface area (TPSA) is 93.5 Å². The van der Waals surface area contributed by atoms with E-state index in [0.29, 0.717) is 5.56 Å². The molecule has 0 radical (unpaired) electrons. The number of aromatic amines is 1. The Balaban J connectivity index is 2.44. The van der Waals surface area contributed by atoms with Gasteiger partial charge >= 0.3 is 0 Å². The fourth-order valence-corrected chi connectivity index (χ4v) is 1.58. The van der Waals surface area contributed by atoms with Crippen LogP contribution >= 0.6 is 10.7 Å². The molecule has 1 N–H and O–H groups in total. The third-order valence-electron chi connectivity index (χ3n) is 1.66. The lowest BCUT2D eigenvalue weighted by Gasteiger charge is -1.85. The second kappa shape index (κ2) is 3.31. The van der Waals surface area contributed by atoms with Crippen LogP contribution in [0.5, 0.6) is 0 Å². The number of aromatic nitrogens is 5. The van der Waals surface area contributed by atoms with Gasteiger partial charge in [-0.15, -0.1) is 0 Å². The predicted octanol–water partition coefficient (Wildman–Crippen LogP) is 0.133. The van der Waals surface area contributed by atoms with Gasteiger partial charge in [0.25, 0.3) is 14.2 Å². The molecule has 0 aliphatic carbocycles. The maximum Gasteiger partial charge on any atom is 0.296 e. The van der Waals surface area contributed by atoms with Crippen molar-refractivity contribution in [3.8, 4) is 11.4 Å². The van der Waals surface area contributed by atoms with Gasteiger partial charge in [0.05, 0.1) is 11.8 Å². The second-order valence-electron chi connectivity index (χ2n) is 2.80. The van der Waals surface area contributed by atoms with Gasteiger partial charge in [-0.05, 0) is 0 Å². The van der Waals surface area contributed by atoms with Crippen molar-refractivity contribution in [2.45, 2.75) is 5.16 Å². The summed E-state index contributed by atoms with van der Waals surface area (Å²) in [7, 11) is 2.95. The molecule has 15 heavy (non-hydrogen) atoms. The van der Waals surface area contributed by atoms with E-state index in [0.717, 1.165) is 0 Å². The van der Waals surface area contributed by atoms with Crippen molar-refractivity contribution in [1.29, 1.82) is 0 Å². The first kappa shape index (κ1) is 10.1. The summed E-state index contributed by atoms with van der Waals surface area (Å²) in [6.45, 7) is 0. The molecule has 0 atom stereocenters. The Bertz CT molecular complexity index is 586. The van der Waals surface area contributed by atoms with Crippen molar-refractivity contribution in [2.75, 3.05) is 0 Å². The summed E-state index contributed by atoms with van der Waals surface area (Å²) in [6.07, 6.45) is 3.18. The van der Waals surface area contributed by atoms with E-state index in [2.05, 4.69) is 20.3 Å². The van der Waals surface area contributed by atoms with Crippen molar-refractivity contribution in [2.24, 2.45) is 7.05 Å². The van der Waals surface area contributed by atoms with Crippen LogP contribution in [-0.4, -0.2) is 33.4 Å². The van der Waals surface area contributed by atoms with Gasteiger partial charge in [-0.3, -0.25) is 4.68 Å². The van der Waals surface area contributed by atoms with E-state index >= 15 is 0 Å². The highest BCUT2D eigenvalue weighted by Crippen LogP contribution is 2.16. The van der Waals surface area contributed by atoms with Crippen LogP contribution in [0.2, 0.25) is 0 Å². The lowest BCUT2D eigenvalue weighted by molar-refractivity contribution is 0.602. The fraction of sp³-hybridized carbons (Fsp3) is 0.167. The molecule has 7 nitrogen and oxygen atoms in total. The van der Waals surface area contributed by atoms with Gasteiger partial charge in [0, 0.05) is 23.9 Å². The monoisotopic (exact) mass is 247 g/mol. The molecular weight excluding hydrogens is 242 g/mol. The number of hydrogen-bond acceptors (Lipinski definition) is 5. The lowest BCUT2D eigenvalue weighted by atomic mass is 10.3. The average Bonchev–Trinajstić information content (AvgIpc) is 2.69. The Morgan fingerprint density at radius 1 is 1.53 bits per heavy atom. The van der Waals surface area contributed by atoms with Crippen LogP contribution in [0.4, 0.5) is 0 Å². The van der Waals surface area contributed by atoms with Crippen LogP contribution in [0.25, 0.3) is 11.4 Å². The Labute approximate surface area is 89.5 Å². The van der Waals surface area contributed by atoms with Gasteiger partial charge in [-0.1, -0.05) is 0 Å². The van der Waals surface area contributed by atoms with Crippen LogP contribution in [-0.2, 0) is 16.1 Å². The summed E-state index contributed by atoms with van der Waals surface area (Å²) in [5.41, 5.74) is 0.611. The molecule has 0 bridgehead atoms. The Morgan fingerprint density at radius 3 is 2.73 bits per heavy atom. The smallest absolute Gasteiger partial charge is 0.275 e. The highest BCUT2D eigenvalue weighted by Gasteiger charge is 2.17. The number of nitrogens with one attached hydrogen (secondary N) is 1. The molecule has 0 unspecified atom stereocenters. The maximum atomic E-state index is 10.9. The number of aryl methyl sites for hydroxylation is 1. The molecule has 80 valence electrons. The summed E-state index contributed by atoms with van der Waals surface area (Å²) < 4.78 is 23.3. The van der Waals surface area contributed by atoms with E-state index in [1.165, 1.54) is 6.20 Å². The normalized spacial score (nSPS) is 11.9. The van der Waals surface area contributed by atoms with Crippen molar-refractivity contribution < 1.29 is 8.42 Å². The molecule has 0 saturated carbocycles. The van der Waals surface area contributed by atoms with Crippen molar-refractivity contribution in [1.82, 2.24) is 25.0 Å². The molecule has 0 aromatic carbocycles. The van der Waals surface area contributed by atoms with E-state index in [-0.39, 0.29) is 11.0 Å². The zero-order chi connectivity index (χ0) is 11.1. The predicted molar refractivity (Wildman–Crippen MR) is 51.6 cm³/mol. The zero-order valence-electron chi connectivity index (χ0n) is 7.55. The summed E-state index contributed by atoms with van der Waals surface area (Å²) in [5, 5.41) is 9.48. The SMILES string of the molecule is Cn1cc(-c2n[nH]c(S(=O)(=O)Cl)n2)cn1. The number of nitrogens with zero attached hydrogens (tertiary/aromatic N) is 4. The van der Waals surface area contributed by atoms with E-state index in [9.17, 15) is 8.42 Å². The first-order valence-corrected chi connectivity index (χ1v) is 6.14. The summed E-state index contributed by atoms with van der Waals surface area (Å²) >= 11 is 0. The lowest BCUT2D eigenvalue weighted by Crippen LogP contribution is -1.92. The summed E-state index contributed by atoms with van der Waals surface area (Å²) in [5.74, 6) is 0.238. The molecule has 2 aromatic heterocycles. The molecule has 0 spiro atoms. The van der Waals surface area contributed by atoms with E-state index in [1.54, 1.807) is 17.9 Å². The quantitative estimate of drug-likeness (QED) is 0.762. The largest absolute Gasteiger partial charge is 0.296 e. The summed E-state index contributed by atoms with van der Waals surface area (Å²) in [4.78, 5) is 3.73. The van der Waals surface area contributed by atoms with Crippen LogP contribution < -0.4 is 0 Å². The minimum absolute atomic E-state index is 0.238. The molecule has 0 fully saturated rings. The molecule has 2 heterocycles. The van der Waals surface area contributed by atoms with E-state index < -0.39 is 9.05 Å². The number of H-pyrrole nitrogens is 1. The van der Waals surface area contributed by atoms with Crippen LogP contribution in [0.1, 0.15) is 0 Å². The standard InChI is InChI=1S/C6H6ClN5O2S/c1-12-3-4(2-8-12)5-9-6(11-10-5)15(7,13)14/h2-3H,1H3,(H,9,10,11).